The van der Waals surface area contributed by atoms with Gasteiger partial charge in [0.05, 0.1) is 13.2 Å². The molecule has 0 radical (unpaired) electrons. The standard InChI is InChI=1S/C18H23N7O/c1-10(2)21-17-16-11(3-13(6-19)23-17)7-20-18(25-16)24-12-4-14-8-26-9-15(5-12)22-14/h3,7,10,12,14-15,22H,4-5,8-9H2,1-2H3,(H,21,23)(H,20,24,25). The van der Waals surface area contributed by atoms with Crippen molar-refractivity contribution < 1.29 is 4.74 Å². The van der Waals surface area contributed by atoms with E-state index in [1.54, 1.807) is 12.3 Å². The van der Waals surface area contributed by atoms with Crippen LogP contribution in [0.5, 0.6) is 0 Å². The van der Waals surface area contributed by atoms with E-state index in [4.69, 9.17) is 4.74 Å². The normalized spacial score (nSPS) is 25.1. The van der Waals surface area contributed by atoms with E-state index in [2.05, 4.69) is 37.0 Å². The quantitative estimate of drug-likeness (QED) is 0.761. The molecule has 2 atom stereocenters. The third kappa shape index (κ3) is 3.54. The van der Waals surface area contributed by atoms with Crippen LogP contribution in [0.25, 0.3) is 10.9 Å². The van der Waals surface area contributed by atoms with Crippen LogP contribution in [-0.4, -0.2) is 52.3 Å². The number of piperidine rings is 1. The minimum absolute atomic E-state index is 0.190. The first-order chi connectivity index (χ1) is 12.6. The number of rotatable bonds is 4. The molecule has 2 bridgehead atoms. The lowest BCUT2D eigenvalue weighted by molar-refractivity contribution is 0.0207. The molecule has 0 saturated carbocycles. The molecule has 4 heterocycles. The number of pyridine rings is 1. The lowest BCUT2D eigenvalue weighted by atomic mass is 9.93. The van der Waals surface area contributed by atoms with Crippen LogP contribution < -0.4 is 16.0 Å². The summed E-state index contributed by atoms with van der Waals surface area (Å²) in [6.07, 6.45) is 3.73. The number of nitriles is 1. The van der Waals surface area contributed by atoms with Crippen LogP contribution in [0.4, 0.5) is 11.8 Å². The number of morpholine rings is 1. The van der Waals surface area contributed by atoms with Gasteiger partial charge in [-0.1, -0.05) is 0 Å². The van der Waals surface area contributed by atoms with Crippen LogP contribution in [0, 0.1) is 11.3 Å². The molecule has 136 valence electrons. The molecule has 3 N–H and O–H groups in total. The van der Waals surface area contributed by atoms with Gasteiger partial charge in [-0.05, 0) is 32.8 Å². The average molecular weight is 353 g/mol. The molecule has 2 unspecified atom stereocenters. The SMILES string of the molecule is CC(C)Nc1nc(C#N)cc2cnc(NC3CC4COCC(C3)N4)nc12. The Labute approximate surface area is 152 Å². The summed E-state index contributed by atoms with van der Waals surface area (Å²) in [5, 5.41) is 20.3. The van der Waals surface area contributed by atoms with Crippen LogP contribution in [0.15, 0.2) is 12.3 Å². The Hall–Kier alpha value is -2.50. The molecule has 0 aliphatic carbocycles. The summed E-state index contributed by atoms with van der Waals surface area (Å²) in [5.41, 5.74) is 1.09. The van der Waals surface area contributed by atoms with Gasteiger partial charge in [0, 0.05) is 35.8 Å². The average Bonchev–Trinajstić information content (AvgIpc) is 2.61. The largest absolute Gasteiger partial charge is 0.378 e. The maximum absolute atomic E-state index is 9.20. The topological polar surface area (TPSA) is 108 Å². The highest BCUT2D eigenvalue weighted by Crippen LogP contribution is 2.24. The van der Waals surface area contributed by atoms with Crippen LogP contribution in [0.2, 0.25) is 0 Å². The second kappa shape index (κ2) is 7.02. The van der Waals surface area contributed by atoms with Gasteiger partial charge in [0.2, 0.25) is 5.95 Å². The van der Waals surface area contributed by atoms with Crippen molar-refractivity contribution >= 4 is 22.7 Å². The number of nitrogens with zero attached hydrogens (tertiary/aromatic N) is 4. The number of hydrogen-bond donors (Lipinski definition) is 3. The Morgan fingerprint density at radius 3 is 2.73 bits per heavy atom. The molecule has 2 aliphatic heterocycles. The molecule has 2 fully saturated rings. The number of fused-ring (bicyclic) bond motifs is 3. The zero-order valence-electron chi connectivity index (χ0n) is 15.0. The van der Waals surface area contributed by atoms with Gasteiger partial charge >= 0.3 is 0 Å². The van der Waals surface area contributed by atoms with E-state index in [1.807, 2.05) is 13.8 Å². The van der Waals surface area contributed by atoms with Gasteiger partial charge in [0.1, 0.15) is 17.3 Å². The first kappa shape index (κ1) is 16.9. The second-order valence-corrected chi connectivity index (χ2v) is 7.31. The highest BCUT2D eigenvalue weighted by Gasteiger charge is 2.32. The monoisotopic (exact) mass is 353 g/mol. The van der Waals surface area contributed by atoms with E-state index in [0.717, 1.165) is 37.0 Å². The zero-order valence-corrected chi connectivity index (χ0v) is 15.0. The summed E-state index contributed by atoms with van der Waals surface area (Å²) in [7, 11) is 0. The highest BCUT2D eigenvalue weighted by atomic mass is 16.5. The Kier molecular flexibility index (Phi) is 4.57. The van der Waals surface area contributed by atoms with Crippen LogP contribution >= 0.6 is 0 Å². The molecule has 2 aliphatic rings. The maximum Gasteiger partial charge on any atom is 0.223 e. The number of nitrogens with one attached hydrogen (secondary N) is 3. The van der Waals surface area contributed by atoms with Crippen LogP contribution in [0.3, 0.4) is 0 Å². The van der Waals surface area contributed by atoms with Gasteiger partial charge in [0.15, 0.2) is 5.82 Å². The smallest absolute Gasteiger partial charge is 0.223 e. The summed E-state index contributed by atoms with van der Waals surface area (Å²) >= 11 is 0. The van der Waals surface area contributed by atoms with Crippen molar-refractivity contribution in [3.8, 4) is 6.07 Å². The number of hydrogen-bond acceptors (Lipinski definition) is 8. The lowest BCUT2D eigenvalue weighted by Gasteiger charge is -2.40. The summed E-state index contributed by atoms with van der Waals surface area (Å²) < 4.78 is 5.60. The van der Waals surface area contributed by atoms with Crippen molar-refractivity contribution in [1.29, 1.82) is 5.26 Å². The maximum atomic E-state index is 9.20. The van der Waals surface area contributed by atoms with Crippen molar-refractivity contribution in [1.82, 2.24) is 20.3 Å². The van der Waals surface area contributed by atoms with Crippen LogP contribution in [0.1, 0.15) is 32.4 Å². The van der Waals surface area contributed by atoms with E-state index < -0.39 is 0 Å². The Morgan fingerprint density at radius 1 is 1.27 bits per heavy atom. The summed E-state index contributed by atoms with van der Waals surface area (Å²) in [4.78, 5) is 13.5. The van der Waals surface area contributed by atoms with Gasteiger partial charge in [-0.3, -0.25) is 0 Å². The first-order valence-corrected chi connectivity index (χ1v) is 9.05. The van der Waals surface area contributed by atoms with E-state index in [1.165, 1.54) is 0 Å². The lowest BCUT2D eigenvalue weighted by Crippen LogP contribution is -2.56. The van der Waals surface area contributed by atoms with Crippen molar-refractivity contribution in [2.24, 2.45) is 0 Å². The van der Waals surface area contributed by atoms with Crippen LogP contribution in [-0.2, 0) is 4.74 Å². The van der Waals surface area contributed by atoms with Crippen molar-refractivity contribution in [3.05, 3.63) is 18.0 Å². The first-order valence-electron chi connectivity index (χ1n) is 9.05. The third-order valence-corrected chi connectivity index (χ3v) is 4.69. The van der Waals surface area contributed by atoms with Crippen molar-refractivity contribution in [3.63, 3.8) is 0 Å². The molecule has 0 amide bonds. The molecule has 2 aromatic rings. The molecule has 2 aromatic heterocycles. The fourth-order valence-electron chi connectivity index (χ4n) is 3.68. The van der Waals surface area contributed by atoms with Gasteiger partial charge in [0.25, 0.3) is 0 Å². The molecule has 8 heteroatoms. The fraction of sp³-hybridized carbons (Fsp3) is 0.556. The summed E-state index contributed by atoms with van der Waals surface area (Å²) in [6.45, 7) is 5.58. The van der Waals surface area contributed by atoms with E-state index in [0.29, 0.717) is 35.6 Å². The second-order valence-electron chi connectivity index (χ2n) is 7.31. The molecule has 8 nitrogen and oxygen atoms in total. The van der Waals surface area contributed by atoms with E-state index in [9.17, 15) is 5.26 Å². The Bertz CT molecular complexity index is 835. The number of anilines is 2. The molecule has 26 heavy (non-hydrogen) atoms. The summed E-state index contributed by atoms with van der Waals surface area (Å²) in [6, 6.07) is 5.10. The Morgan fingerprint density at radius 2 is 2.04 bits per heavy atom. The van der Waals surface area contributed by atoms with Gasteiger partial charge in [-0.2, -0.15) is 5.26 Å². The van der Waals surface area contributed by atoms with Crippen molar-refractivity contribution in [2.75, 3.05) is 23.8 Å². The Balaban J connectivity index is 1.61. The molecule has 0 aromatic carbocycles. The van der Waals surface area contributed by atoms with E-state index in [-0.39, 0.29) is 6.04 Å². The minimum Gasteiger partial charge on any atom is -0.378 e. The molecular formula is C18H23N7O. The van der Waals surface area contributed by atoms with Gasteiger partial charge < -0.3 is 20.7 Å². The van der Waals surface area contributed by atoms with E-state index >= 15 is 0 Å². The molecular weight excluding hydrogens is 330 g/mol. The minimum atomic E-state index is 0.190. The van der Waals surface area contributed by atoms with Gasteiger partial charge in [-0.15, -0.1) is 0 Å². The third-order valence-electron chi connectivity index (χ3n) is 4.69. The van der Waals surface area contributed by atoms with Crippen molar-refractivity contribution in [2.45, 2.75) is 50.9 Å². The molecule has 2 saturated heterocycles. The van der Waals surface area contributed by atoms with Gasteiger partial charge in [-0.25, -0.2) is 15.0 Å². The predicted octanol–water partition coefficient (Wildman–Crippen LogP) is 1.65. The summed E-state index contributed by atoms with van der Waals surface area (Å²) in [5.74, 6) is 1.22. The molecule has 4 rings (SSSR count). The predicted molar refractivity (Wildman–Crippen MR) is 99.0 cm³/mol. The fourth-order valence-corrected chi connectivity index (χ4v) is 3.68. The zero-order chi connectivity index (χ0) is 18.1. The number of ether oxygens (including phenoxy) is 1. The highest BCUT2D eigenvalue weighted by molar-refractivity contribution is 5.89. The number of aromatic nitrogens is 3. The molecule has 0 spiro atoms.